The second kappa shape index (κ2) is 4.96. The van der Waals surface area contributed by atoms with Crippen molar-refractivity contribution in [2.45, 2.75) is 44.6 Å². The molecule has 2 rings (SSSR count). The molecule has 17 heavy (non-hydrogen) atoms. The van der Waals surface area contributed by atoms with Gasteiger partial charge in [-0.1, -0.05) is 25.3 Å². The lowest BCUT2D eigenvalue weighted by Gasteiger charge is -2.32. The molecule has 1 aliphatic rings. The smallest absolute Gasteiger partial charge is 0.0819 e. The number of nitrogens with one attached hydrogen (secondary N) is 1. The Morgan fingerprint density at radius 1 is 1.29 bits per heavy atom. The summed E-state index contributed by atoms with van der Waals surface area (Å²) in [6, 6.07) is 5.85. The maximum atomic E-state index is 10.4. The molecule has 0 aromatic heterocycles. The van der Waals surface area contributed by atoms with E-state index in [1.165, 1.54) is 6.42 Å². The Balaban J connectivity index is 1.99. The average Bonchev–Trinajstić information content (AvgIpc) is 2.32. The largest absolute Gasteiger partial charge is 0.398 e. The van der Waals surface area contributed by atoms with E-state index in [-0.39, 0.29) is 0 Å². The van der Waals surface area contributed by atoms with Crippen LogP contribution < -0.4 is 11.1 Å². The van der Waals surface area contributed by atoms with E-state index in [2.05, 4.69) is 5.32 Å². The number of benzene rings is 1. The van der Waals surface area contributed by atoms with E-state index < -0.39 is 5.60 Å². The van der Waals surface area contributed by atoms with Crippen molar-refractivity contribution >= 4 is 11.4 Å². The Bertz CT molecular complexity index is 384. The highest BCUT2D eigenvalue weighted by molar-refractivity contribution is 5.62. The Labute approximate surface area is 103 Å². The van der Waals surface area contributed by atoms with Crippen molar-refractivity contribution < 1.29 is 5.11 Å². The van der Waals surface area contributed by atoms with E-state index in [1.807, 2.05) is 25.1 Å². The highest BCUT2D eigenvalue weighted by atomic mass is 16.3. The number of aliphatic hydroxyl groups is 1. The van der Waals surface area contributed by atoms with Gasteiger partial charge in [-0.2, -0.15) is 0 Å². The highest BCUT2D eigenvalue weighted by Gasteiger charge is 2.28. The Hall–Kier alpha value is -1.22. The molecule has 1 fully saturated rings. The first-order valence-corrected chi connectivity index (χ1v) is 6.42. The first kappa shape index (κ1) is 12.2. The van der Waals surface area contributed by atoms with Crippen molar-refractivity contribution in [2.75, 3.05) is 17.6 Å². The predicted molar refractivity (Wildman–Crippen MR) is 72.1 cm³/mol. The number of nitrogen functional groups attached to an aromatic ring is 1. The summed E-state index contributed by atoms with van der Waals surface area (Å²) < 4.78 is 0. The molecule has 4 N–H and O–H groups in total. The van der Waals surface area contributed by atoms with Crippen molar-refractivity contribution in [3.05, 3.63) is 23.8 Å². The fraction of sp³-hybridized carbons (Fsp3) is 0.571. The van der Waals surface area contributed by atoms with Crippen molar-refractivity contribution in [3.63, 3.8) is 0 Å². The molecule has 0 heterocycles. The van der Waals surface area contributed by atoms with Gasteiger partial charge < -0.3 is 16.2 Å². The minimum atomic E-state index is -0.532. The van der Waals surface area contributed by atoms with Crippen LogP contribution in [0, 0.1) is 6.92 Å². The molecule has 94 valence electrons. The van der Waals surface area contributed by atoms with Gasteiger partial charge in [0.1, 0.15) is 0 Å². The summed E-state index contributed by atoms with van der Waals surface area (Å²) in [4.78, 5) is 0. The van der Waals surface area contributed by atoms with E-state index in [0.717, 1.165) is 42.6 Å². The second-order valence-electron chi connectivity index (χ2n) is 5.16. The Kier molecular flexibility index (Phi) is 3.57. The lowest BCUT2D eigenvalue weighted by molar-refractivity contribution is 0.0167. The molecule has 0 amide bonds. The third-order valence-corrected chi connectivity index (χ3v) is 3.77. The van der Waals surface area contributed by atoms with E-state index in [1.54, 1.807) is 0 Å². The van der Waals surface area contributed by atoms with Gasteiger partial charge in [0, 0.05) is 17.9 Å². The van der Waals surface area contributed by atoms with Crippen LogP contribution in [0.5, 0.6) is 0 Å². The Morgan fingerprint density at radius 2 is 2.00 bits per heavy atom. The number of rotatable bonds is 3. The summed E-state index contributed by atoms with van der Waals surface area (Å²) in [6.07, 6.45) is 5.32. The van der Waals surface area contributed by atoms with Crippen LogP contribution in [0.25, 0.3) is 0 Å². The van der Waals surface area contributed by atoms with Gasteiger partial charge in [0.05, 0.1) is 5.60 Å². The van der Waals surface area contributed by atoms with E-state index in [0.29, 0.717) is 6.54 Å². The number of hydrogen-bond acceptors (Lipinski definition) is 3. The van der Waals surface area contributed by atoms with Gasteiger partial charge in [0.15, 0.2) is 0 Å². The fourth-order valence-corrected chi connectivity index (χ4v) is 2.49. The van der Waals surface area contributed by atoms with Crippen molar-refractivity contribution in [1.82, 2.24) is 0 Å². The lowest BCUT2D eigenvalue weighted by atomic mass is 9.85. The molecule has 0 bridgehead atoms. The van der Waals surface area contributed by atoms with Gasteiger partial charge in [0.2, 0.25) is 0 Å². The summed E-state index contributed by atoms with van der Waals surface area (Å²) in [5.74, 6) is 0. The highest BCUT2D eigenvalue weighted by Crippen LogP contribution is 2.29. The summed E-state index contributed by atoms with van der Waals surface area (Å²) in [5.41, 5.74) is 8.22. The van der Waals surface area contributed by atoms with Gasteiger partial charge >= 0.3 is 0 Å². The zero-order valence-corrected chi connectivity index (χ0v) is 10.5. The van der Waals surface area contributed by atoms with Crippen LogP contribution >= 0.6 is 0 Å². The van der Waals surface area contributed by atoms with Crippen LogP contribution in [0.4, 0.5) is 11.4 Å². The topological polar surface area (TPSA) is 58.3 Å². The quantitative estimate of drug-likeness (QED) is 0.705. The SMILES string of the molecule is Cc1c(N)cccc1NCC1(O)CCCCC1. The van der Waals surface area contributed by atoms with Gasteiger partial charge in [-0.25, -0.2) is 0 Å². The maximum absolute atomic E-state index is 10.4. The van der Waals surface area contributed by atoms with Crippen LogP contribution in [-0.2, 0) is 0 Å². The average molecular weight is 234 g/mol. The van der Waals surface area contributed by atoms with Crippen LogP contribution in [0.2, 0.25) is 0 Å². The normalized spacial score (nSPS) is 18.9. The number of anilines is 2. The maximum Gasteiger partial charge on any atom is 0.0819 e. The number of nitrogens with two attached hydrogens (primary N) is 1. The fourth-order valence-electron chi connectivity index (χ4n) is 2.49. The zero-order valence-electron chi connectivity index (χ0n) is 10.5. The molecular formula is C14H22N2O. The molecule has 0 saturated heterocycles. The standard InChI is InChI=1S/C14H22N2O/c1-11-12(15)6-5-7-13(11)16-10-14(17)8-3-2-4-9-14/h5-7,16-17H,2-4,8-10,15H2,1H3. The van der Waals surface area contributed by atoms with Gasteiger partial charge in [-0.15, -0.1) is 0 Å². The Morgan fingerprint density at radius 3 is 2.71 bits per heavy atom. The van der Waals surface area contributed by atoms with E-state index >= 15 is 0 Å². The monoisotopic (exact) mass is 234 g/mol. The van der Waals surface area contributed by atoms with Gasteiger partial charge in [-0.05, 0) is 37.5 Å². The molecule has 3 heteroatoms. The number of hydrogen-bond donors (Lipinski definition) is 3. The summed E-state index contributed by atoms with van der Waals surface area (Å²) >= 11 is 0. The first-order valence-electron chi connectivity index (χ1n) is 6.42. The minimum Gasteiger partial charge on any atom is -0.398 e. The lowest BCUT2D eigenvalue weighted by Crippen LogP contribution is -2.38. The zero-order chi connectivity index (χ0) is 12.3. The van der Waals surface area contributed by atoms with Crippen molar-refractivity contribution in [2.24, 2.45) is 0 Å². The van der Waals surface area contributed by atoms with Crippen molar-refractivity contribution in [1.29, 1.82) is 0 Å². The van der Waals surface area contributed by atoms with Gasteiger partial charge in [0.25, 0.3) is 0 Å². The van der Waals surface area contributed by atoms with E-state index in [9.17, 15) is 5.11 Å². The van der Waals surface area contributed by atoms with Crippen molar-refractivity contribution in [3.8, 4) is 0 Å². The molecule has 1 saturated carbocycles. The first-order chi connectivity index (χ1) is 8.11. The van der Waals surface area contributed by atoms with E-state index in [4.69, 9.17) is 5.73 Å². The second-order valence-corrected chi connectivity index (χ2v) is 5.16. The van der Waals surface area contributed by atoms with Crippen LogP contribution in [0.3, 0.4) is 0 Å². The van der Waals surface area contributed by atoms with Crippen LogP contribution in [0.1, 0.15) is 37.7 Å². The third-order valence-electron chi connectivity index (χ3n) is 3.77. The van der Waals surface area contributed by atoms with Crippen LogP contribution in [-0.4, -0.2) is 17.3 Å². The molecule has 3 nitrogen and oxygen atoms in total. The predicted octanol–water partition coefficient (Wildman–Crippen LogP) is 2.68. The summed E-state index contributed by atoms with van der Waals surface area (Å²) in [5, 5.41) is 13.7. The molecule has 0 radical (unpaired) electrons. The minimum absolute atomic E-state index is 0.532. The molecule has 1 aromatic carbocycles. The molecule has 1 aromatic rings. The summed E-state index contributed by atoms with van der Waals surface area (Å²) in [6.45, 7) is 2.62. The molecule has 1 aliphatic carbocycles. The molecular weight excluding hydrogens is 212 g/mol. The van der Waals surface area contributed by atoms with Gasteiger partial charge in [-0.3, -0.25) is 0 Å². The molecule has 0 aliphatic heterocycles. The van der Waals surface area contributed by atoms with Crippen LogP contribution in [0.15, 0.2) is 18.2 Å². The molecule has 0 unspecified atom stereocenters. The third kappa shape index (κ3) is 2.91. The summed E-state index contributed by atoms with van der Waals surface area (Å²) in [7, 11) is 0. The molecule has 0 spiro atoms. The molecule has 0 atom stereocenters.